The summed E-state index contributed by atoms with van der Waals surface area (Å²) in [7, 11) is 0. The Morgan fingerprint density at radius 2 is 1.37 bits per heavy atom. The maximum absolute atomic E-state index is 6.36. The Labute approximate surface area is 116 Å². The summed E-state index contributed by atoms with van der Waals surface area (Å²) < 4.78 is 21.3. The van der Waals surface area contributed by atoms with Gasteiger partial charge < -0.3 is 0 Å². The molecule has 2 N–H and O–H groups in total. The van der Waals surface area contributed by atoms with Crippen LogP contribution >= 0.6 is 0 Å². The molecule has 2 fully saturated rings. The van der Waals surface area contributed by atoms with Crippen LogP contribution in [0.25, 0.3) is 0 Å². The third-order valence-electron chi connectivity index (χ3n) is 3.58. The van der Waals surface area contributed by atoms with Gasteiger partial charge >= 0.3 is 116 Å². The molecule has 0 amide bonds. The first-order valence-electron chi connectivity index (χ1n) is 6.73. The summed E-state index contributed by atoms with van der Waals surface area (Å²) in [4.78, 5) is 0. The molecule has 5 heteroatoms. The minimum atomic E-state index is -3.80. The van der Waals surface area contributed by atoms with Crippen molar-refractivity contribution in [3.63, 3.8) is 0 Å². The Hall–Kier alpha value is -0.382. The van der Waals surface area contributed by atoms with E-state index in [1.54, 1.807) is 0 Å². The Kier molecular flexibility index (Phi) is 2.74. The molecule has 0 atom stereocenters. The molecule has 4 nitrogen and oxygen atoms in total. The predicted octanol–water partition coefficient (Wildman–Crippen LogP) is 1.08. The number of rotatable bonds is 1. The standard InChI is InChI=1S/C14H23AsN2O2/c1-13(2)10-18-15(16-13,12-8-6-5-7-9-12)17-14(3,4)11-19-15/h5-9,16-17H,10-11H2,1-4H3. The fraction of sp³-hybridized carbons (Fsp3) is 0.571. The van der Waals surface area contributed by atoms with E-state index in [1.165, 1.54) is 0 Å². The zero-order chi connectivity index (χ0) is 13.8. The van der Waals surface area contributed by atoms with Crippen LogP contribution < -0.4 is 12.8 Å². The molecular weight excluding hydrogens is 303 g/mol. The molecule has 0 aromatic heterocycles. The SMILES string of the molecule is CC1(C)CO[As]2(c3ccccc3)(N1)NC(C)(C)CO2. The van der Waals surface area contributed by atoms with Gasteiger partial charge in [0.25, 0.3) is 0 Å². The molecule has 0 unspecified atom stereocenters. The summed E-state index contributed by atoms with van der Waals surface area (Å²) in [6.07, 6.45) is 0. The number of hydrogen-bond donors (Lipinski definition) is 2. The van der Waals surface area contributed by atoms with Gasteiger partial charge in [-0.3, -0.25) is 0 Å². The molecule has 106 valence electrons. The van der Waals surface area contributed by atoms with Crippen molar-refractivity contribution < 1.29 is 7.45 Å². The van der Waals surface area contributed by atoms with Gasteiger partial charge in [0.15, 0.2) is 0 Å². The molecule has 3 rings (SSSR count). The van der Waals surface area contributed by atoms with Gasteiger partial charge in [0.1, 0.15) is 0 Å². The summed E-state index contributed by atoms with van der Waals surface area (Å²) in [5, 5.41) is 0. The van der Waals surface area contributed by atoms with Crippen LogP contribution in [0, 0.1) is 0 Å². The second-order valence-corrected chi connectivity index (χ2v) is 14.0. The van der Waals surface area contributed by atoms with E-state index >= 15 is 0 Å². The van der Waals surface area contributed by atoms with Crippen LogP contribution in [0.4, 0.5) is 0 Å². The summed E-state index contributed by atoms with van der Waals surface area (Å²) in [5.41, 5.74) is -0.149. The zero-order valence-electron chi connectivity index (χ0n) is 12.1. The third-order valence-corrected chi connectivity index (χ3v) is 13.0. The number of nitrogens with one attached hydrogen (secondary N) is 2. The van der Waals surface area contributed by atoms with Gasteiger partial charge in [-0.15, -0.1) is 0 Å². The van der Waals surface area contributed by atoms with Crippen LogP contribution in [0.1, 0.15) is 27.7 Å². The summed E-state index contributed by atoms with van der Waals surface area (Å²) in [6, 6.07) is 10.3. The zero-order valence-corrected chi connectivity index (χ0v) is 13.9. The van der Waals surface area contributed by atoms with Crippen molar-refractivity contribution in [1.82, 2.24) is 8.47 Å². The molecule has 2 saturated heterocycles. The first-order chi connectivity index (χ1) is 8.75. The fourth-order valence-corrected chi connectivity index (χ4v) is 13.7. The summed E-state index contributed by atoms with van der Waals surface area (Å²) >= 11 is -3.80. The van der Waals surface area contributed by atoms with Gasteiger partial charge in [0.05, 0.1) is 0 Å². The Morgan fingerprint density at radius 3 is 1.74 bits per heavy atom. The van der Waals surface area contributed by atoms with Crippen LogP contribution in [-0.2, 0) is 7.45 Å². The molecule has 1 spiro atoms. The molecular formula is C14H23AsN2O2. The summed E-state index contributed by atoms with van der Waals surface area (Å²) in [6.45, 7) is 9.96. The van der Waals surface area contributed by atoms with E-state index in [0.717, 1.165) is 4.35 Å². The topological polar surface area (TPSA) is 42.5 Å². The van der Waals surface area contributed by atoms with Crippen LogP contribution in [0.2, 0.25) is 0 Å². The second kappa shape index (κ2) is 3.84. The van der Waals surface area contributed by atoms with Crippen molar-refractivity contribution in [1.29, 1.82) is 0 Å². The molecule has 0 bridgehead atoms. The molecule has 0 saturated carbocycles. The van der Waals surface area contributed by atoms with Crippen molar-refractivity contribution in [2.75, 3.05) is 13.2 Å². The molecule has 0 aliphatic carbocycles. The van der Waals surface area contributed by atoms with Crippen molar-refractivity contribution in [3.05, 3.63) is 30.3 Å². The van der Waals surface area contributed by atoms with E-state index in [-0.39, 0.29) is 11.1 Å². The monoisotopic (exact) mass is 326 g/mol. The van der Waals surface area contributed by atoms with Crippen molar-refractivity contribution in [3.8, 4) is 0 Å². The van der Waals surface area contributed by atoms with E-state index in [4.69, 9.17) is 7.45 Å². The Morgan fingerprint density at radius 1 is 0.895 bits per heavy atom. The Balaban J connectivity index is 2.14. The third kappa shape index (κ3) is 2.07. The van der Waals surface area contributed by atoms with E-state index in [1.807, 2.05) is 18.2 Å². The van der Waals surface area contributed by atoms with E-state index in [0.29, 0.717) is 13.2 Å². The van der Waals surface area contributed by atoms with Crippen LogP contribution in [-0.4, -0.2) is 37.9 Å². The molecule has 0 radical (unpaired) electrons. The molecule has 2 aliphatic heterocycles. The van der Waals surface area contributed by atoms with Crippen LogP contribution in [0.5, 0.6) is 0 Å². The number of hydrogen-bond acceptors (Lipinski definition) is 4. The van der Waals surface area contributed by atoms with Crippen LogP contribution in [0.3, 0.4) is 0 Å². The Bertz CT molecular complexity index is 475. The number of benzene rings is 1. The van der Waals surface area contributed by atoms with Gasteiger partial charge in [-0.2, -0.15) is 0 Å². The van der Waals surface area contributed by atoms with Gasteiger partial charge in [-0.05, 0) is 0 Å². The van der Waals surface area contributed by atoms with Crippen molar-refractivity contribution >= 4 is 17.9 Å². The van der Waals surface area contributed by atoms with E-state index in [9.17, 15) is 0 Å². The maximum atomic E-state index is 6.36. The normalized spacial score (nSPS) is 31.9. The van der Waals surface area contributed by atoms with Crippen molar-refractivity contribution in [2.24, 2.45) is 0 Å². The average molecular weight is 326 g/mol. The van der Waals surface area contributed by atoms with Gasteiger partial charge in [0, 0.05) is 0 Å². The van der Waals surface area contributed by atoms with Gasteiger partial charge in [-0.25, -0.2) is 0 Å². The first kappa shape index (κ1) is 13.6. The average Bonchev–Trinajstić information content (AvgIpc) is 2.77. The van der Waals surface area contributed by atoms with Crippen molar-refractivity contribution in [2.45, 2.75) is 38.8 Å². The van der Waals surface area contributed by atoms with Gasteiger partial charge in [-0.1, -0.05) is 0 Å². The molecule has 1 aromatic rings. The molecule has 19 heavy (non-hydrogen) atoms. The van der Waals surface area contributed by atoms with Crippen LogP contribution in [0.15, 0.2) is 30.3 Å². The fourth-order valence-electron chi connectivity index (χ4n) is 2.90. The van der Waals surface area contributed by atoms with Gasteiger partial charge in [0.2, 0.25) is 0 Å². The van der Waals surface area contributed by atoms with E-state index in [2.05, 4.69) is 48.3 Å². The molecule has 2 heterocycles. The molecule has 1 aromatic carbocycles. The first-order valence-corrected chi connectivity index (χ1v) is 11.1. The van der Waals surface area contributed by atoms with E-state index < -0.39 is 13.6 Å². The predicted molar refractivity (Wildman–Crippen MR) is 78.2 cm³/mol. The minimum absolute atomic E-state index is 0.0745. The molecule has 2 aliphatic rings. The second-order valence-electron chi connectivity index (χ2n) is 6.83. The quantitative estimate of drug-likeness (QED) is 0.758. The summed E-state index contributed by atoms with van der Waals surface area (Å²) in [5.74, 6) is 0.